The van der Waals surface area contributed by atoms with Crippen molar-refractivity contribution in [2.24, 2.45) is 0 Å². The zero-order chi connectivity index (χ0) is 9.80. The molecule has 2 rings (SSSR count). The van der Waals surface area contributed by atoms with Gasteiger partial charge in [-0.2, -0.15) is 0 Å². The summed E-state index contributed by atoms with van der Waals surface area (Å²) in [5.41, 5.74) is 0. The van der Waals surface area contributed by atoms with Crippen molar-refractivity contribution in [3.05, 3.63) is 41.3 Å². The smallest absolute Gasteiger partial charge is 0.0805 e. The minimum absolute atomic E-state index is 0.909. The van der Waals surface area contributed by atoms with E-state index in [1.165, 1.54) is 12.8 Å². The van der Waals surface area contributed by atoms with Gasteiger partial charge in [0.25, 0.3) is 0 Å². The fraction of sp³-hybridized carbons (Fsp3) is 0.333. The van der Waals surface area contributed by atoms with E-state index < -0.39 is 10.8 Å². The highest BCUT2D eigenvalue weighted by Gasteiger charge is 2.11. The first-order chi connectivity index (χ1) is 6.88. The molecule has 0 fully saturated rings. The average molecular weight is 206 g/mol. The molecule has 2 heteroatoms. The van der Waals surface area contributed by atoms with Gasteiger partial charge >= 0.3 is 0 Å². The van der Waals surface area contributed by atoms with Gasteiger partial charge in [0.2, 0.25) is 0 Å². The van der Waals surface area contributed by atoms with E-state index in [9.17, 15) is 4.21 Å². The number of hydrogen-bond donors (Lipinski definition) is 0. The van der Waals surface area contributed by atoms with E-state index in [0.29, 0.717) is 0 Å². The molecule has 0 heterocycles. The highest BCUT2D eigenvalue weighted by Crippen LogP contribution is 2.24. The van der Waals surface area contributed by atoms with Crippen LogP contribution >= 0.6 is 0 Å². The third-order valence-corrected chi connectivity index (χ3v) is 3.99. The summed E-state index contributed by atoms with van der Waals surface area (Å²) in [4.78, 5) is 2.04. The molecule has 1 aromatic carbocycles. The molecule has 1 aromatic rings. The van der Waals surface area contributed by atoms with E-state index in [1.54, 1.807) is 0 Å². The van der Waals surface area contributed by atoms with Crippen LogP contribution in [0.1, 0.15) is 25.7 Å². The zero-order valence-electron chi connectivity index (χ0n) is 8.11. The van der Waals surface area contributed by atoms with Crippen LogP contribution in [0.15, 0.2) is 46.2 Å². The summed E-state index contributed by atoms with van der Waals surface area (Å²) in [7, 11) is -0.909. The van der Waals surface area contributed by atoms with Gasteiger partial charge in [-0.25, -0.2) is 4.21 Å². The minimum Gasteiger partial charge on any atom is -0.249 e. The maximum atomic E-state index is 12.0. The molecule has 74 valence electrons. The topological polar surface area (TPSA) is 17.1 Å². The SMILES string of the molecule is O=S(C1=CCCCC1)c1ccccc1. The Balaban J connectivity index is 2.20. The first kappa shape index (κ1) is 9.66. The van der Waals surface area contributed by atoms with Crippen LogP contribution in [0.4, 0.5) is 0 Å². The van der Waals surface area contributed by atoms with Gasteiger partial charge in [-0.3, -0.25) is 0 Å². The number of hydrogen-bond acceptors (Lipinski definition) is 1. The van der Waals surface area contributed by atoms with Crippen LogP contribution in [0.2, 0.25) is 0 Å². The third kappa shape index (κ3) is 2.13. The predicted octanol–water partition coefficient (Wildman–Crippen LogP) is 3.25. The average Bonchev–Trinajstić information content (AvgIpc) is 2.30. The highest BCUT2D eigenvalue weighted by atomic mass is 32.2. The minimum atomic E-state index is -0.909. The van der Waals surface area contributed by atoms with Crippen LogP contribution in [-0.2, 0) is 10.8 Å². The highest BCUT2D eigenvalue weighted by molar-refractivity contribution is 7.89. The first-order valence-corrected chi connectivity index (χ1v) is 6.19. The Kier molecular flexibility index (Phi) is 3.14. The molecule has 0 aliphatic heterocycles. The fourth-order valence-electron chi connectivity index (χ4n) is 1.67. The molecule has 0 N–H and O–H groups in total. The Bertz CT molecular complexity index is 354. The fourth-order valence-corrected chi connectivity index (χ4v) is 2.98. The molecule has 1 atom stereocenters. The second-order valence-electron chi connectivity index (χ2n) is 3.50. The summed E-state index contributed by atoms with van der Waals surface area (Å²) in [6.07, 6.45) is 6.67. The zero-order valence-corrected chi connectivity index (χ0v) is 8.93. The molecule has 0 radical (unpaired) electrons. The summed E-state index contributed by atoms with van der Waals surface area (Å²) < 4.78 is 12.0. The molecular weight excluding hydrogens is 192 g/mol. The summed E-state index contributed by atoms with van der Waals surface area (Å²) in [6, 6.07) is 9.71. The number of benzene rings is 1. The van der Waals surface area contributed by atoms with Crippen molar-refractivity contribution in [2.45, 2.75) is 30.6 Å². The standard InChI is InChI=1S/C12H14OS/c13-14(11-7-3-1-4-8-11)12-9-5-2-6-10-12/h1,3-4,7-9H,2,5-6,10H2. The van der Waals surface area contributed by atoms with Crippen molar-refractivity contribution in [1.29, 1.82) is 0 Å². The lowest BCUT2D eigenvalue weighted by atomic mass is 10.1. The molecule has 0 saturated carbocycles. The lowest BCUT2D eigenvalue weighted by Gasteiger charge is -2.11. The predicted molar refractivity (Wildman–Crippen MR) is 59.4 cm³/mol. The van der Waals surface area contributed by atoms with Crippen LogP contribution in [0.5, 0.6) is 0 Å². The monoisotopic (exact) mass is 206 g/mol. The Morgan fingerprint density at radius 1 is 1.07 bits per heavy atom. The van der Waals surface area contributed by atoms with E-state index in [1.807, 2.05) is 30.3 Å². The molecule has 0 spiro atoms. The van der Waals surface area contributed by atoms with E-state index in [2.05, 4.69) is 6.08 Å². The van der Waals surface area contributed by atoms with Gasteiger partial charge in [0.1, 0.15) is 0 Å². The lowest BCUT2D eigenvalue weighted by Crippen LogP contribution is -1.99. The maximum absolute atomic E-state index is 12.0. The van der Waals surface area contributed by atoms with Gasteiger partial charge in [0.05, 0.1) is 10.8 Å². The van der Waals surface area contributed by atoms with E-state index in [4.69, 9.17) is 0 Å². The van der Waals surface area contributed by atoms with Crippen LogP contribution in [0.25, 0.3) is 0 Å². The number of allylic oxidation sites excluding steroid dienone is 2. The van der Waals surface area contributed by atoms with E-state index in [-0.39, 0.29) is 0 Å². The Morgan fingerprint density at radius 3 is 2.50 bits per heavy atom. The number of rotatable bonds is 2. The molecule has 14 heavy (non-hydrogen) atoms. The largest absolute Gasteiger partial charge is 0.249 e. The maximum Gasteiger partial charge on any atom is 0.0805 e. The van der Waals surface area contributed by atoms with Crippen LogP contribution in [0.3, 0.4) is 0 Å². The molecule has 1 nitrogen and oxygen atoms in total. The van der Waals surface area contributed by atoms with Crippen LogP contribution in [-0.4, -0.2) is 4.21 Å². The van der Waals surface area contributed by atoms with Gasteiger partial charge in [0.15, 0.2) is 0 Å². The normalized spacial score (nSPS) is 18.7. The first-order valence-electron chi connectivity index (χ1n) is 5.04. The summed E-state index contributed by atoms with van der Waals surface area (Å²) in [5.74, 6) is 0. The summed E-state index contributed by atoms with van der Waals surface area (Å²) in [5, 5.41) is 0. The molecule has 0 amide bonds. The lowest BCUT2D eigenvalue weighted by molar-refractivity contribution is 0.675. The second-order valence-corrected chi connectivity index (χ2v) is 5.03. The molecule has 1 unspecified atom stereocenters. The van der Waals surface area contributed by atoms with Gasteiger partial charge in [0, 0.05) is 9.80 Å². The molecular formula is C12H14OS. The van der Waals surface area contributed by atoms with E-state index in [0.717, 1.165) is 22.6 Å². The van der Waals surface area contributed by atoms with Gasteiger partial charge in [-0.05, 0) is 37.8 Å². The Labute approximate surface area is 87.3 Å². The van der Waals surface area contributed by atoms with Crippen molar-refractivity contribution in [3.63, 3.8) is 0 Å². The van der Waals surface area contributed by atoms with Crippen molar-refractivity contribution < 1.29 is 4.21 Å². The molecule has 1 aliphatic carbocycles. The molecule has 0 bridgehead atoms. The Hall–Kier alpha value is -0.890. The van der Waals surface area contributed by atoms with Crippen molar-refractivity contribution in [1.82, 2.24) is 0 Å². The molecule has 1 aliphatic rings. The molecule has 0 saturated heterocycles. The van der Waals surface area contributed by atoms with Crippen LogP contribution < -0.4 is 0 Å². The van der Waals surface area contributed by atoms with Crippen molar-refractivity contribution in [2.75, 3.05) is 0 Å². The van der Waals surface area contributed by atoms with Gasteiger partial charge < -0.3 is 0 Å². The second kappa shape index (κ2) is 4.56. The third-order valence-electron chi connectivity index (χ3n) is 2.44. The quantitative estimate of drug-likeness (QED) is 0.726. The van der Waals surface area contributed by atoms with Crippen molar-refractivity contribution in [3.8, 4) is 0 Å². The summed E-state index contributed by atoms with van der Waals surface area (Å²) >= 11 is 0. The van der Waals surface area contributed by atoms with Gasteiger partial charge in [-0.1, -0.05) is 24.3 Å². The van der Waals surface area contributed by atoms with Gasteiger partial charge in [-0.15, -0.1) is 0 Å². The van der Waals surface area contributed by atoms with E-state index >= 15 is 0 Å². The Morgan fingerprint density at radius 2 is 1.86 bits per heavy atom. The molecule has 0 aromatic heterocycles. The van der Waals surface area contributed by atoms with Crippen molar-refractivity contribution >= 4 is 10.8 Å². The summed E-state index contributed by atoms with van der Waals surface area (Å²) in [6.45, 7) is 0. The van der Waals surface area contributed by atoms with Crippen LogP contribution in [0, 0.1) is 0 Å².